The summed E-state index contributed by atoms with van der Waals surface area (Å²) in [6.07, 6.45) is 0.730. The van der Waals surface area contributed by atoms with E-state index in [0.717, 1.165) is 6.29 Å². The van der Waals surface area contributed by atoms with E-state index in [0.29, 0.717) is 33.5 Å². The zero-order valence-electron chi connectivity index (χ0n) is 12.6. The number of hydrogen-bond acceptors (Lipinski definition) is 4. The summed E-state index contributed by atoms with van der Waals surface area (Å²) >= 11 is 6.05. The summed E-state index contributed by atoms with van der Waals surface area (Å²) in [5.41, 5.74) is 1.48. The summed E-state index contributed by atoms with van der Waals surface area (Å²) in [4.78, 5) is 22.6. The quantitative estimate of drug-likeness (QED) is 0.815. The Morgan fingerprint density at radius 3 is 2.26 bits per heavy atom. The first-order valence-corrected chi connectivity index (χ1v) is 7.00. The summed E-state index contributed by atoms with van der Waals surface area (Å²) in [6.45, 7) is 0. The van der Waals surface area contributed by atoms with E-state index in [4.69, 9.17) is 21.1 Å². The molecule has 0 aromatic heterocycles. The number of carbonyl (C=O) groups excluding carboxylic acids is 2. The molecule has 0 spiro atoms. The molecular formula is C16H15ClN2O4. The lowest BCUT2D eigenvalue weighted by Crippen LogP contribution is -2.19. The highest BCUT2D eigenvalue weighted by atomic mass is 35.5. The number of anilines is 2. The number of nitrogens with one attached hydrogen (secondary N) is 2. The molecule has 0 aliphatic heterocycles. The number of hydrogen-bond donors (Lipinski definition) is 2. The molecule has 120 valence electrons. The van der Waals surface area contributed by atoms with E-state index in [9.17, 15) is 9.59 Å². The van der Waals surface area contributed by atoms with Crippen LogP contribution in [0.4, 0.5) is 16.2 Å². The predicted molar refractivity (Wildman–Crippen MR) is 89.0 cm³/mol. The van der Waals surface area contributed by atoms with Gasteiger partial charge in [0.25, 0.3) is 0 Å². The van der Waals surface area contributed by atoms with Gasteiger partial charge in [0.1, 0.15) is 17.8 Å². The molecule has 2 amide bonds. The van der Waals surface area contributed by atoms with Gasteiger partial charge in [0, 0.05) is 17.3 Å². The number of rotatable bonds is 5. The average Bonchev–Trinajstić information content (AvgIpc) is 2.55. The summed E-state index contributed by atoms with van der Waals surface area (Å²) in [6, 6.07) is 9.11. The molecule has 0 aliphatic carbocycles. The molecule has 0 aliphatic rings. The number of methoxy groups -OCH3 is 2. The fourth-order valence-electron chi connectivity index (χ4n) is 1.89. The summed E-state index contributed by atoms with van der Waals surface area (Å²) in [5, 5.41) is 5.64. The maximum absolute atomic E-state index is 12.0. The van der Waals surface area contributed by atoms with Gasteiger partial charge in [0.2, 0.25) is 0 Å². The molecule has 0 heterocycles. The third kappa shape index (κ3) is 4.14. The standard InChI is InChI=1S/C16H15ClN2O4/c1-22-14-8-15(23-2)13(7-12(14)17)19-16(21)18-11-5-3-10(9-20)4-6-11/h3-9H,1-2H3,(H2,18,19,21). The second-order valence-corrected chi connectivity index (χ2v) is 4.91. The minimum atomic E-state index is -0.469. The van der Waals surface area contributed by atoms with E-state index >= 15 is 0 Å². The van der Waals surface area contributed by atoms with Crippen LogP contribution in [0.2, 0.25) is 5.02 Å². The fraction of sp³-hybridized carbons (Fsp3) is 0.125. The van der Waals surface area contributed by atoms with Crippen molar-refractivity contribution in [3.8, 4) is 11.5 Å². The number of halogens is 1. The van der Waals surface area contributed by atoms with E-state index < -0.39 is 6.03 Å². The Morgan fingerprint density at radius 1 is 1.04 bits per heavy atom. The van der Waals surface area contributed by atoms with Gasteiger partial charge in [0.05, 0.1) is 24.9 Å². The van der Waals surface area contributed by atoms with Crippen LogP contribution in [0.3, 0.4) is 0 Å². The van der Waals surface area contributed by atoms with Crippen molar-refractivity contribution in [2.75, 3.05) is 24.9 Å². The monoisotopic (exact) mass is 334 g/mol. The molecule has 6 nitrogen and oxygen atoms in total. The second kappa shape index (κ2) is 7.51. The minimum Gasteiger partial charge on any atom is -0.495 e. The number of benzene rings is 2. The van der Waals surface area contributed by atoms with Crippen molar-refractivity contribution in [1.29, 1.82) is 0 Å². The van der Waals surface area contributed by atoms with Crippen LogP contribution in [0.5, 0.6) is 11.5 Å². The number of aldehydes is 1. The van der Waals surface area contributed by atoms with Gasteiger partial charge < -0.3 is 20.1 Å². The van der Waals surface area contributed by atoms with Crippen molar-refractivity contribution in [3.05, 3.63) is 47.0 Å². The lowest BCUT2D eigenvalue weighted by molar-refractivity contribution is 0.112. The SMILES string of the molecule is COc1cc(OC)c(NC(=O)Nc2ccc(C=O)cc2)cc1Cl. The van der Waals surface area contributed by atoms with Crippen LogP contribution in [0.15, 0.2) is 36.4 Å². The van der Waals surface area contributed by atoms with Crippen LogP contribution in [-0.2, 0) is 0 Å². The third-order valence-electron chi connectivity index (χ3n) is 3.03. The molecule has 0 saturated carbocycles. The Labute approximate surface area is 138 Å². The second-order valence-electron chi connectivity index (χ2n) is 4.51. The van der Waals surface area contributed by atoms with Crippen molar-refractivity contribution >= 4 is 35.3 Å². The maximum Gasteiger partial charge on any atom is 0.323 e. The number of carbonyl (C=O) groups is 2. The number of amides is 2. The Morgan fingerprint density at radius 2 is 1.70 bits per heavy atom. The van der Waals surface area contributed by atoms with E-state index in [1.165, 1.54) is 20.3 Å². The van der Waals surface area contributed by atoms with Gasteiger partial charge in [-0.15, -0.1) is 0 Å². The maximum atomic E-state index is 12.0. The Hall–Kier alpha value is -2.73. The normalized spacial score (nSPS) is 9.87. The molecule has 0 radical (unpaired) electrons. The molecule has 7 heteroatoms. The van der Waals surface area contributed by atoms with E-state index in [1.807, 2.05) is 0 Å². The Bertz CT molecular complexity index is 717. The molecule has 23 heavy (non-hydrogen) atoms. The van der Waals surface area contributed by atoms with Crippen LogP contribution in [0.25, 0.3) is 0 Å². The van der Waals surface area contributed by atoms with E-state index in [-0.39, 0.29) is 0 Å². The predicted octanol–water partition coefficient (Wildman–Crippen LogP) is 3.81. The highest BCUT2D eigenvalue weighted by molar-refractivity contribution is 6.32. The van der Waals surface area contributed by atoms with Gasteiger partial charge in [-0.3, -0.25) is 4.79 Å². The lowest BCUT2D eigenvalue weighted by Gasteiger charge is -2.13. The van der Waals surface area contributed by atoms with Crippen molar-refractivity contribution < 1.29 is 19.1 Å². The van der Waals surface area contributed by atoms with Crippen LogP contribution < -0.4 is 20.1 Å². The fourth-order valence-corrected chi connectivity index (χ4v) is 2.13. The molecule has 2 N–H and O–H groups in total. The van der Waals surface area contributed by atoms with Crippen molar-refractivity contribution in [1.82, 2.24) is 0 Å². The van der Waals surface area contributed by atoms with Gasteiger partial charge in [-0.1, -0.05) is 11.6 Å². The van der Waals surface area contributed by atoms with E-state index in [1.54, 1.807) is 30.3 Å². The molecule has 0 fully saturated rings. The highest BCUT2D eigenvalue weighted by Crippen LogP contribution is 2.35. The molecule has 0 unspecified atom stereocenters. The average molecular weight is 335 g/mol. The molecule has 2 aromatic carbocycles. The van der Waals surface area contributed by atoms with Crippen LogP contribution in [-0.4, -0.2) is 26.5 Å². The highest BCUT2D eigenvalue weighted by Gasteiger charge is 2.12. The Balaban J connectivity index is 2.12. The zero-order chi connectivity index (χ0) is 16.8. The molecule has 2 aromatic rings. The van der Waals surface area contributed by atoms with Gasteiger partial charge in [-0.05, 0) is 30.3 Å². The number of ether oxygens (including phenoxy) is 2. The topological polar surface area (TPSA) is 76.7 Å². The first-order chi connectivity index (χ1) is 11.1. The smallest absolute Gasteiger partial charge is 0.323 e. The molecule has 0 saturated heterocycles. The third-order valence-corrected chi connectivity index (χ3v) is 3.32. The van der Waals surface area contributed by atoms with Gasteiger partial charge in [-0.2, -0.15) is 0 Å². The lowest BCUT2D eigenvalue weighted by atomic mass is 10.2. The molecule has 2 rings (SSSR count). The minimum absolute atomic E-state index is 0.346. The van der Waals surface area contributed by atoms with Crippen molar-refractivity contribution in [2.45, 2.75) is 0 Å². The molecular weight excluding hydrogens is 320 g/mol. The van der Waals surface area contributed by atoms with Gasteiger partial charge in [-0.25, -0.2) is 4.79 Å². The number of urea groups is 1. The molecule has 0 atom stereocenters. The van der Waals surface area contributed by atoms with E-state index in [2.05, 4.69) is 10.6 Å². The van der Waals surface area contributed by atoms with Crippen molar-refractivity contribution in [2.24, 2.45) is 0 Å². The van der Waals surface area contributed by atoms with Crippen molar-refractivity contribution in [3.63, 3.8) is 0 Å². The van der Waals surface area contributed by atoms with Crippen LogP contribution in [0.1, 0.15) is 10.4 Å². The first-order valence-electron chi connectivity index (χ1n) is 6.62. The van der Waals surface area contributed by atoms with Gasteiger partial charge in [0.15, 0.2) is 0 Å². The Kier molecular flexibility index (Phi) is 5.43. The van der Waals surface area contributed by atoms with Gasteiger partial charge >= 0.3 is 6.03 Å². The summed E-state index contributed by atoms with van der Waals surface area (Å²) in [5.74, 6) is 0.858. The largest absolute Gasteiger partial charge is 0.495 e. The zero-order valence-corrected chi connectivity index (χ0v) is 13.3. The summed E-state index contributed by atoms with van der Waals surface area (Å²) in [7, 11) is 2.97. The summed E-state index contributed by atoms with van der Waals surface area (Å²) < 4.78 is 10.3. The molecule has 0 bridgehead atoms. The van der Waals surface area contributed by atoms with Crippen LogP contribution in [0, 0.1) is 0 Å². The first kappa shape index (κ1) is 16.6. The van der Waals surface area contributed by atoms with Crippen LogP contribution >= 0.6 is 11.6 Å².